The number of amides is 6. The molecule has 0 saturated carbocycles. The van der Waals surface area contributed by atoms with Gasteiger partial charge in [0.25, 0.3) is 5.91 Å². The van der Waals surface area contributed by atoms with E-state index in [9.17, 15) is 39.0 Å². The normalized spacial score (nSPS) is 29.5. The zero-order chi connectivity index (χ0) is 40.8. The first-order valence-electron chi connectivity index (χ1n) is 18.6. The highest BCUT2D eigenvalue weighted by molar-refractivity contribution is 6.01. The van der Waals surface area contributed by atoms with E-state index in [0.717, 1.165) is 21.8 Å². The van der Waals surface area contributed by atoms with Crippen LogP contribution in [0.3, 0.4) is 0 Å². The summed E-state index contributed by atoms with van der Waals surface area (Å²) in [6.45, 7) is 1.84. The summed E-state index contributed by atoms with van der Waals surface area (Å²) in [5.74, 6) is -4.77. The number of nitrogens with two attached hydrogens (primary N) is 1. The van der Waals surface area contributed by atoms with Gasteiger partial charge in [-0.15, -0.1) is 0 Å². The van der Waals surface area contributed by atoms with Crippen LogP contribution >= 0.6 is 0 Å². The van der Waals surface area contributed by atoms with Crippen molar-refractivity contribution >= 4 is 41.8 Å². The maximum Gasteiger partial charge on any atom is 0.500 e. The average molecular weight is 793 g/mol. The van der Waals surface area contributed by atoms with Crippen molar-refractivity contribution in [2.75, 3.05) is 7.11 Å². The van der Waals surface area contributed by atoms with Crippen LogP contribution in [0, 0.1) is 0 Å². The van der Waals surface area contributed by atoms with Crippen LogP contribution < -0.4 is 21.7 Å². The second-order valence-electron chi connectivity index (χ2n) is 14.2. The summed E-state index contributed by atoms with van der Waals surface area (Å²) < 4.78 is 30.4. The molecule has 0 aromatic heterocycles. The molecule has 0 radical (unpaired) electrons. The lowest BCUT2D eigenvalue weighted by Crippen LogP contribution is -2.54. The van der Waals surface area contributed by atoms with Gasteiger partial charge in [0.15, 0.2) is 18.0 Å². The number of primary amides is 1. The first-order chi connectivity index (χ1) is 27.3. The van der Waals surface area contributed by atoms with Crippen molar-refractivity contribution in [3.05, 3.63) is 83.6 Å². The average Bonchev–Trinajstić information content (AvgIpc) is 3.45. The number of methoxy groups -OCH3 is 1. The lowest BCUT2D eigenvalue weighted by Gasteiger charge is -2.35. The number of nitrogens with one attached hydrogen (secondary N) is 3. The number of aliphatic hydroxyl groups excluding tert-OH is 2. The SMILES string of the molecule is CO[C@H]1[C@@H](OC(=O)CC(c2ccccc2)c2ccccc2)[C@H]([N+]2=CCC(=O)NC2=O)O[C@@H]1[C@@H](O[C@H]1OC(C(=O)N[C@H]2CCC[C@@H](C)NC2=O)=C[C@H](O)[C@@H]1O)C(N)=O. The summed E-state index contributed by atoms with van der Waals surface area (Å²) in [7, 11) is 1.23. The Kier molecular flexibility index (Phi) is 13.1. The van der Waals surface area contributed by atoms with Crippen molar-refractivity contribution < 1.29 is 67.2 Å². The molecule has 2 saturated heterocycles. The zero-order valence-corrected chi connectivity index (χ0v) is 31.2. The molecule has 6 rings (SSSR count). The molecular weight excluding hydrogens is 746 g/mol. The van der Waals surface area contributed by atoms with Crippen LogP contribution in [0.15, 0.2) is 72.5 Å². The van der Waals surface area contributed by atoms with Gasteiger partial charge < -0.3 is 50.3 Å². The molecule has 2 fully saturated rings. The number of aliphatic hydroxyl groups is 2. The van der Waals surface area contributed by atoms with E-state index in [1.165, 1.54) is 13.3 Å². The fourth-order valence-corrected chi connectivity index (χ4v) is 7.29. The molecule has 2 aromatic carbocycles. The third-order valence-corrected chi connectivity index (χ3v) is 10.2. The number of benzene rings is 2. The van der Waals surface area contributed by atoms with Crippen LogP contribution in [0.25, 0.3) is 0 Å². The van der Waals surface area contributed by atoms with Crippen LogP contribution in [0.5, 0.6) is 0 Å². The Morgan fingerprint density at radius 2 is 1.67 bits per heavy atom. The minimum atomic E-state index is -1.91. The first kappa shape index (κ1) is 41.1. The van der Waals surface area contributed by atoms with Crippen molar-refractivity contribution in [1.29, 1.82) is 0 Å². The molecule has 18 nitrogen and oxygen atoms in total. The lowest BCUT2D eigenvalue weighted by atomic mass is 9.88. The maximum absolute atomic E-state index is 13.9. The fraction of sp³-hybridized carbons (Fsp3) is 0.462. The summed E-state index contributed by atoms with van der Waals surface area (Å²) >= 11 is 0. The zero-order valence-electron chi connectivity index (χ0n) is 31.2. The van der Waals surface area contributed by atoms with E-state index in [1.807, 2.05) is 67.6 Å². The van der Waals surface area contributed by atoms with E-state index >= 15 is 0 Å². The lowest BCUT2D eigenvalue weighted by molar-refractivity contribution is -0.536. The molecule has 2 aromatic rings. The van der Waals surface area contributed by atoms with Gasteiger partial charge in [0, 0.05) is 19.1 Å². The Labute approximate surface area is 327 Å². The summed E-state index contributed by atoms with van der Waals surface area (Å²) in [5, 5.41) is 29.1. The Morgan fingerprint density at radius 1 is 1.00 bits per heavy atom. The van der Waals surface area contributed by atoms with Gasteiger partial charge in [0.1, 0.15) is 36.9 Å². The molecule has 57 heavy (non-hydrogen) atoms. The highest BCUT2D eigenvalue weighted by Gasteiger charge is 2.58. The second-order valence-corrected chi connectivity index (χ2v) is 14.2. The number of carbonyl (C=O) groups is 6. The first-order valence-corrected chi connectivity index (χ1v) is 18.6. The number of rotatable bonds is 13. The minimum Gasteiger partial charge on any atom is -0.456 e. The van der Waals surface area contributed by atoms with E-state index < -0.39 is 102 Å². The van der Waals surface area contributed by atoms with Crippen LogP contribution in [0.1, 0.15) is 56.1 Å². The molecule has 0 bridgehead atoms. The number of ether oxygens (including phenoxy) is 5. The standard InChI is InChI=1S/C39H45N5O13/c1-20-10-9-15-24(35(50)41-20)42-36(51)26-19-25(45)29(48)38(54-26)57-32(34(40)49)31-30(53-2)33(37(56-31)44-17-16-27(46)43-39(44)52)55-28(47)18-23(21-11-5-3-6-12-21)22-13-7-4-8-14-22/h3-8,11-14,17,19-20,23-25,29-33,37-38,45,48H,9-10,15-16,18H2,1-2H3,(H4-,40,41,42,43,46,49,50,51,52)/p+1/t20-,24+,25+,29+,30-,31+,32-,33-,37-,38-/m1/s1. The van der Waals surface area contributed by atoms with Crippen molar-refractivity contribution in [2.24, 2.45) is 5.73 Å². The summed E-state index contributed by atoms with van der Waals surface area (Å²) in [6.07, 6.45) is -9.84. The van der Waals surface area contributed by atoms with Crippen molar-refractivity contribution in [3.63, 3.8) is 0 Å². The third kappa shape index (κ3) is 9.54. The molecular formula is C39H46N5O13+. The predicted octanol–water partition coefficient (Wildman–Crippen LogP) is -0.411. The Balaban J connectivity index is 1.24. The molecule has 0 unspecified atom stereocenters. The van der Waals surface area contributed by atoms with Crippen LogP contribution in [0.2, 0.25) is 0 Å². The molecule has 10 atom stereocenters. The monoisotopic (exact) mass is 792 g/mol. The molecule has 0 spiro atoms. The Bertz CT molecular complexity index is 1850. The number of hydrogen-bond donors (Lipinski definition) is 6. The van der Waals surface area contributed by atoms with E-state index in [4.69, 9.17) is 29.4 Å². The van der Waals surface area contributed by atoms with Gasteiger partial charge in [-0.2, -0.15) is 14.7 Å². The van der Waals surface area contributed by atoms with Gasteiger partial charge in [-0.05, 0) is 43.4 Å². The quantitative estimate of drug-likeness (QED) is 0.112. The van der Waals surface area contributed by atoms with Gasteiger partial charge in [-0.1, -0.05) is 60.7 Å². The Morgan fingerprint density at radius 3 is 2.28 bits per heavy atom. The molecule has 304 valence electrons. The molecule has 18 heteroatoms. The second kappa shape index (κ2) is 18.2. The van der Waals surface area contributed by atoms with Gasteiger partial charge >= 0.3 is 17.9 Å². The molecule has 6 amide bonds. The van der Waals surface area contributed by atoms with E-state index in [1.54, 1.807) is 0 Å². The van der Waals surface area contributed by atoms with Gasteiger partial charge in [0.05, 0.1) is 12.6 Å². The molecule has 4 aliphatic heterocycles. The van der Waals surface area contributed by atoms with Gasteiger partial charge in [-0.3, -0.25) is 19.2 Å². The number of urea groups is 1. The molecule has 7 N–H and O–H groups in total. The van der Waals surface area contributed by atoms with Crippen molar-refractivity contribution in [1.82, 2.24) is 16.0 Å². The van der Waals surface area contributed by atoms with E-state index in [-0.39, 0.29) is 18.9 Å². The number of carbonyl (C=O) groups excluding carboxylic acids is 6. The van der Waals surface area contributed by atoms with Crippen molar-refractivity contribution in [2.45, 2.75) is 106 Å². The highest BCUT2D eigenvalue weighted by Crippen LogP contribution is 2.35. The highest BCUT2D eigenvalue weighted by atomic mass is 16.7. The summed E-state index contributed by atoms with van der Waals surface area (Å²) in [4.78, 5) is 78.1. The Hall–Kier alpha value is -5.53. The van der Waals surface area contributed by atoms with Crippen molar-refractivity contribution in [3.8, 4) is 0 Å². The molecule has 4 heterocycles. The number of hydrogen-bond acceptors (Lipinski definition) is 13. The minimum absolute atomic E-state index is 0.0911. The van der Waals surface area contributed by atoms with Crippen LogP contribution in [-0.2, 0) is 47.7 Å². The largest absolute Gasteiger partial charge is 0.500 e. The molecule has 4 aliphatic rings. The smallest absolute Gasteiger partial charge is 0.456 e. The number of nitrogens with zero attached hydrogens (tertiary/aromatic N) is 1. The number of imide groups is 1. The van der Waals surface area contributed by atoms with Crippen LogP contribution in [0.4, 0.5) is 4.79 Å². The summed E-state index contributed by atoms with van der Waals surface area (Å²) in [6, 6.07) is 16.6. The van der Waals surface area contributed by atoms with Crippen LogP contribution in [-0.4, -0.2) is 125 Å². The number of esters is 1. The van der Waals surface area contributed by atoms with Gasteiger partial charge in [0.2, 0.25) is 24.3 Å². The van der Waals surface area contributed by atoms with E-state index in [0.29, 0.717) is 19.3 Å². The predicted molar refractivity (Wildman–Crippen MR) is 196 cm³/mol. The topological polar surface area (TPSA) is 254 Å². The van der Waals surface area contributed by atoms with E-state index in [2.05, 4.69) is 16.0 Å². The maximum atomic E-state index is 13.9. The molecule has 0 aliphatic carbocycles. The third-order valence-electron chi connectivity index (χ3n) is 10.2. The fourth-order valence-electron chi connectivity index (χ4n) is 7.29. The summed E-state index contributed by atoms with van der Waals surface area (Å²) in [5.41, 5.74) is 7.46. The van der Waals surface area contributed by atoms with Gasteiger partial charge in [-0.25, -0.2) is 4.79 Å².